The van der Waals surface area contributed by atoms with Crippen LogP contribution in [0.25, 0.3) is 0 Å². The third-order valence-electron chi connectivity index (χ3n) is 5.08. The summed E-state index contributed by atoms with van der Waals surface area (Å²) in [4.78, 5) is 28.2. The molecule has 144 valence electrons. The fraction of sp³-hybridized carbons (Fsp3) is 0.875. The van der Waals surface area contributed by atoms with Gasteiger partial charge in [-0.2, -0.15) is 0 Å². The van der Waals surface area contributed by atoms with E-state index in [9.17, 15) is 18.0 Å². The van der Waals surface area contributed by atoms with Crippen molar-refractivity contribution in [2.45, 2.75) is 38.6 Å². The Balaban J connectivity index is 1.87. The van der Waals surface area contributed by atoms with E-state index >= 15 is 0 Å². The van der Waals surface area contributed by atoms with E-state index < -0.39 is 16.1 Å². The SMILES string of the molecule is COCCCN1CC2(CCN(C(=O)C(C)NS(C)(=O)=O)CC2)CC1=O. The number of nitrogens with zero attached hydrogens (tertiary/aromatic N) is 2. The lowest BCUT2D eigenvalue weighted by molar-refractivity contribution is -0.134. The first-order valence-electron chi connectivity index (χ1n) is 8.69. The summed E-state index contributed by atoms with van der Waals surface area (Å²) in [5.74, 6) is -0.0236. The molecule has 2 heterocycles. The van der Waals surface area contributed by atoms with Crippen molar-refractivity contribution in [3.05, 3.63) is 0 Å². The largest absolute Gasteiger partial charge is 0.385 e. The first-order valence-corrected chi connectivity index (χ1v) is 10.6. The highest BCUT2D eigenvalue weighted by molar-refractivity contribution is 7.88. The molecule has 2 fully saturated rings. The third-order valence-corrected chi connectivity index (χ3v) is 5.86. The highest BCUT2D eigenvalue weighted by Gasteiger charge is 2.45. The van der Waals surface area contributed by atoms with Crippen molar-refractivity contribution in [3.63, 3.8) is 0 Å². The zero-order valence-corrected chi connectivity index (χ0v) is 16.1. The van der Waals surface area contributed by atoms with Crippen LogP contribution in [0.3, 0.4) is 0 Å². The van der Waals surface area contributed by atoms with Crippen molar-refractivity contribution in [2.24, 2.45) is 5.41 Å². The molecule has 25 heavy (non-hydrogen) atoms. The van der Waals surface area contributed by atoms with E-state index in [0.29, 0.717) is 32.7 Å². The Bertz CT molecular complexity index is 599. The molecule has 8 nitrogen and oxygen atoms in total. The van der Waals surface area contributed by atoms with Crippen LogP contribution >= 0.6 is 0 Å². The Kier molecular flexibility index (Phi) is 6.45. The average molecular weight is 375 g/mol. The number of carbonyl (C=O) groups excluding carboxylic acids is 2. The summed E-state index contributed by atoms with van der Waals surface area (Å²) in [6.45, 7) is 4.79. The Hall–Kier alpha value is -1.19. The summed E-state index contributed by atoms with van der Waals surface area (Å²) in [6.07, 6.45) is 3.97. The molecule has 0 aromatic rings. The van der Waals surface area contributed by atoms with Crippen molar-refractivity contribution in [1.29, 1.82) is 0 Å². The first-order chi connectivity index (χ1) is 11.7. The van der Waals surface area contributed by atoms with E-state index in [0.717, 1.165) is 32.1 Å². The molecule has 1 spiro atoms. The number of sulfonamides is 1. The van der Waals surface area contributed by atoms with Gasteiger partial charge < -0.3 is 14.5 Å². The maximum atomic E-state index is 12.4. The molecule has 1 unspecified atom stereocenters. The molecule has 0 saturated carbocycles. The van der Waals surface area contributed by atoms with Crippen LogP contribution in [0, 0.1) is 5.41 Å². The predicted molar refractivity (Wildman–Crippen MR) is 93.4 cm³/mol. The van der Waals surface area contributed by atoms with Gasteiger partial charge in [-0.15, -0.1) is 0 Å². The van der Waals surface area contributed by atoms with Gasteiger partial charge in [-0.05, 0) is 26.2 Å². The van der Waals surface area contributed by atoms with E-state index in [1.807, 2.05) is 4.90 Å². The topological polar surface area (TPSA) is 96.0 Å². The number of ether oxygens (including phenoxy) is 1. The summed E-state index contributed by atoms with van der Waals surface area (Å²) < 4.78 is 29.9. The van der Waals surface area contributed by atoms with Gasteiger partial charge in [-0.3, -0.25) is 9.59 Å². The van der Waals surface area contributed by atoms with Crippen LogP contribution in [0.2, 0.25) is 0 Å². The normalized spacial score (nSPS) is 21.8. The fourth-order valence-corrected chi connectivity index (χ4v) is 4.51. The Labute approximate surface area is 149 Å². The van der Waals surface area contributed by atoms with E-state index in [1.54, 1.807) is 18.9 Å². The van der Waals surface area contributed by atoms with Crippen LogP contribution in [-0.4, -0.2) is 82.2 Å². The van der Waals surface area contributed by atoms with Crippen LogP contribution in [0.5, 0.6) is 0 Å². The molecule has 2 saturated heterocycles. The molecule has 0 bridgehead atoms. The number of rotatable bonds is 7. The zero-order valence-electron chi connectivity index (χ0n) is 15.3. The van der Waals surface area contributed by atoms with Gasteiger partial charge in [0, 0.05) is 51.7 Å². The van der Waals surface area contributed by atoms with Crippen molar-refractivity contribution in [2.75, 3.05) is 46.2 Å². The maximum Gasteiger partial charge on any atom is 0.240 e. The van der Waals surface area contributed by atoms with E-state index in [4.69, 9.17) is 4.74 Å². The van der Waals surface area contributed by atoms with Crippen molar-refractivity contribution in [3.8, 4) is 0 Å². The molecule has 2 rings (SSSR count). The summed E-state index contributed by atoms with van der Waals surface area (Å²) in [5.41, 5.74) is -0.0472. The molecule has 1 atom stereocenters. The molecular formula is C16H29N3O5S. The minimum atomic E-state index is -3.41. The van der Waals surface area contributed by atoms with Gasteiger partial charge in [0.25, 0.3) is 0 Å². The maximum absolute atomic E-state index is 12.4. The van der Waals surface area contributed by atoms with E-state index in [2.05, 4.69) is 4.72 Å². The van der Waals surface area contributed by atoms with Crippen LogP contribution in [0.4, 0.5) is 0 Å². The minimum Gasteiger partial charge on any atom is -0.385 e. The van der Waals surface area contributed by atoms with Gasteiger partial charge in [-0.25, -0.2) is 13.1 Å². The molecule has 0 aromatic heterocycles. The predicted octanol–water partition coefficient (Wildman–Crippen LogP) is -0.198. The van der Waals surface area contributed by atoms with Crippen LogP contribution in [0.15, 0.2) is 0 Å². The number of methoxy groups -OCH3 is 1. The standard InChI is InChI=1S/C16H29N3O5S/c1-13(17-25(3,22)23)15(21)18-8-5-16(6-9-18)11-14(20)19(12-16)7-4-10-24-2/h13,17H,4-12H2,1-3H3. The number of hydrogen-bond donors (Lipinski definition) is 1. The molecular weight excluding hydrogens is 346 g/mol. The monoisotopic (exact) mass is 375 g/mol. The van der Waals surface area contributed by atoms with Crippen LogP contribution in [-0.2, 0) is 24.3 Å². The van der Waals surface area contributed by atoms with Gasteiger partial charge in [0.05, 0.1) is 12.3 Å². The molecule has 2 aliphatic rings. The molecule has 2 amide bonds. The second kappa shape index (κ2) is 8.01. The van der Waals surface area contributed by atoms with Gasteiger partial charge in [-0.1, -0.05) is 0 Å². The fourth-order valence-electron chi connectivity index (χ4n) is 3.77. The van der Waals surface area contributed by atoms with Crippen molar-refractivity contribution in [1.82, 2.24) is 14.5 Å². The number of carbonyl (C=O) groups is 2. The lowest BCUT2D eigenvalue weighted by Gasteiger charge is -2.39. The summed E-state index contributed by atoms with van der Waals surface area (Å²) >= 11 is 0. The van der Waals surface area contributed by atoms with Gasteiger partial charge in [0.15, 0.2) is 0 Å². The lowest BCUT2D eigenvalue weighted by Crippen LogP contribution is -2.51. The molecule has 2 aliphatic heterocycles. The first kappa shape index (κ1) is 20.1. The lowest BCUT2D eigenvalue weighted by atomic mass is 9.77. The number of likely N-dealkylation sites (tertiary alicyclic amines) is 2. The highest BCUT2D eigenvalue weighted by atomic mass is 32.2. The van der Waals surface area contributed by atoms with Gasteiger partial charge in [0.2, 0.25) is 21.8 Å². The quantitative estimate of drug-likeness (QED) is 0.622. The number of nitrogens with one attached hydrogen (secondary N) is 1. The molecule has 1 N–H and O–H groups in total. The highest BCUT2D eigenvalue weighted by Crippen LogP contribution is 2.41. The summed E-state index contributed by atoms with van der Waals surface area (Å²) in [5, 5.41) is 0. The second-order valence-electron chi connectivity index (χ2n) is 7.28. The Morgan fingerprint density at radius 2 is 2.00 bits per heavy atom. The molecule has 9 heteroatoms. The second-order valence-corrected chi connectivity index (χ2v) is 9.06. The van der Waals surface area contributed by atoms with Crippen LogP contribution in [0.1, 0.15) is 32.6 Å². The molecule has 0 aliphatic carbocycles. The summed E-state index contributed by atoms with van der Waals surface area (Å²) in [7, 11) is -1.76. The van der Waals surface area contributed by atoms with Gasteiger partial charge >= 0.3 is 0 Å². The summed E-state index contributed by atoms with van der Waals surface area (Å²) in [6, 6.07) is -0.764. The number of hydrogen-bond acceptors (Lipinski definition) is 5. The average Bonchev–Trinajstić information content (AvgIpc) is 2.82. The van der Waals surface area contributed by atoms with Crippen molar-refractivity contribution < 1.29 is 22.7 Å². The zero-order chi connectivity index (χ0) is 18.7. The minimum absolute atomic E-state index is 0.0472. The Morgan fingerprint density at radius 1 is 1.36 bits per heavy atom. The number of amides is 2. The molecule has 0 aromatic carbocycles. The van der Waals surface area contributed by atoms with Crippen LogP contribution < -0.4 is 4.72 Å². The van der Waals surface area contributed by atoms with E-state index in [-0.39, 0.29) is 17.2 Å². The molecule has 0 radical (unpaired) electrons. The van der Waals surface area contributed by atoms with Crippen molar-refractivity contribution >= 4 is 21.8 Å². The van der Waals surface area contributed by atoms with E-state index in [1.165, 1.54) is 0 Å². The smallest absolute Gasteiger partial charge is 0.240 e. The Morgan fingerprint density at radius 3 is 2.56 bits per heavy atom. The third kappa shape index (κ3) is 5.39. The number of piperidine rings is 1. The van der Waals surface area contributed by atoms with Gasteiger partial charge in [0.1, 0.15) is 0 Å².